The van der Waals surface area contributed by atoms with E-state index in [0.29, 0.717) is 0 Å². The fraction of sp³-hybridized carbons (Fsp3) is 0. The number of hydrogen-bond acceptors (Lipinski definition) is 7. The first kappa shape index (κ1) is 16.8. The fourth-order valence-electron chi connectivity index (χ4n) is 0. The number of carbonyl (C=O) groups excluding carboxylic acids is 1. The van der Waals surface area contributed by atoms with Gasteiger partial charge in [-0.05, 0) is 6.16 Å². The summed E-state index contributed by atoms with van der Waals surface area (Å²) in [5.74, 6) is 0. The number of rotatable bonds is 0. The predicted molar refractivity (Wildman–Crippen MR) is 21.6 cm³/mol. The predicted octanol–water partition coefficient (Wildman–Crippen LogP) is -4.17. The summed E-state index contributed by atoms with van der Waals surface area (Å²) in [6.07, 6.45) is -2.33. The molecule has 0 N–H and O–H groups in total. The topological polar surface area (TPSA) is 143 Å². The van der Waals surface area contributed by atoms with Crippen LogP contribution in [0.25, 0.3) is 0 Å². The molecule has 0 aliphatic heterocycles. The van der Waals surface area contributed by atoms with Crippen molar-refractivity contribution >= 4 is 54.3 Å². The molecule has 56 valence electrons. The van der Waals surface area contributed by atoms with Gasteiger partial charge in [0.25, 0.3) is 0 Å². The summed E-state index contributed by atoms with van der Waals surface area (Å²) in [6.45, 7) is 0. The molecule has 0 atom stereocenters. The van der Waals surface area contributed by atoms with Crippen LogP contribution in [0.4, 0.5) is 4.79 Å². The molecule has 0 amide bonds. The van der Waals surface area contributed by atoms with Gasteiger partial charge in [-0.25, -0.2) is 0 Å². The Morgan fingerprint density at radius 3 is 1.10 bits per heavy atom. The summed E-state index contributed by atoms with van der Waals surface area (Å²) < 4.78 is 34.1. The molecule has 0 unspecified atom stereocenters. The molecule has 10 heavy (non-hydrogen) atoms. The second kappa shape index (κ2) is 7.51. The molecule has 0 bridgehead atoms. The number of hydrogen-bond donors (Lipinski definition) is 0. The Balaban J connectivity index is -0.0000000910. The third-order valence-electron chi connectivity index (χ3n) is 0. The smallest absolute Gasteiger partial charge is 0.759 e. The molecule has 9 heteroatoms. The Morgan fingerprint density at radius 2 is 1.10 bits per heavy atom. The van der Waals surface area contributed by atoms with Crippen molar-refractivity contribution in [2.24, 2.45) is 0 Å². The molecular weight excluding hydrogens is 196 g/mol. The molecule has 0 aromatic carbocycles. The van der Waals surface area contributed by atoms with Gasteiger partial charge in [0.2, 0.25) is 0 Å². The third-order valence-corrected chi connectivity index (χ3v) is 0. The quantitative estimate of drug-likeness (QED) is 0.217. The van der Waals surface area contributed by atoms with Crippen LogP contribution < -0.4 is 10.2 Å². The van der Waals surface area contributed by atoms with Gasteiger partial charge in [-0.1, -0.05) is 0 Å². The Bertz CT molecular complexity index is 156. The first-order valence-electron chi connectivity index (χ1n) is 1.28. The summed E-state index contributed by atoms with van der Waals surface area (Å²) in [7, 11) is -5.17. The van der Waals surface area contributed by atoms with Gasteiger partial charge in [0.1, 0.15) is 0 Å². The summed E-state index contributed by atoms with van der Waals surface area (Å²) >= 11 is 0. The van der Waals surface area contributed by atoms with Crippen molar-refractivity contribution in [1.82, 2.24) is 0 Å². The van der Waals surface area contributed by atoms with Crippen LogP contribution in [0, 0.1) is 0 Å². The van der Waals surface area contributed by atoms with Crippen molar-refractivity contribution in [3.05, 3.63) is 0 Å². The van der Waals surface area contributed by atoms with Gasteiger partial charge < -0.3 is 24.1 Å². The van der Waals surface area contributed by atoms with Crippen molar-refractivity contribution < 1.29 is 32.5 Å². The largest absolute Gasteiger partial charge is 2.00 e. The molecule has 0 saturated heterocycles. The van der Waals surface area contributed by atoms with Crippen molar-refractivity contribution in [1.29, 1.82) is 0 Å². The van der Waals surface area contributed by atoms with Crippen LogP contribution in [-0.4, -0.2) is 61.4 Å². The normalized spacial score (nSPS) is 8.20. The Labute approximate surface area is 86.2 Å². The van der Waals surface area contributed by atoms with Crippen LogP contribution in [0.3, 0.4) is 0 Å². The van der Waals surface area contributed by atoms with Gasteiger partial charge in [0, 0.05) is 10.4 Å². The van der Waals surface area contributed by atoms with Crippen LogP contribution in [0.2, 0.25) is 0 Å². The summed E-state index contributed by atoms with van der Waals surface area (Å²) in [4.78, 5) is 8.33. The Hall–Kier alpha value is 0.400. The van der Waals surface area contributed by atoms with Crippen molar-refractivity contribution in [3.8, 4) is 0 Å². The van der Waals surface area contributed by atoms with Crippen LogP contribution in [0.1, 0.15) is 0 Å². The summed E-state index contributed by atoms with van der Waals surface area (Å²) in [5, 5.41) is 16.7. The molecule has 7 nitrogen and oxygen atoms in total. The average Bonchev–Trinajstić information content (AvgIpc) is 1.19. The SMILES string of the molecule is O=C([O-])[O-].O=S(=O)([O-])[O-].[Ca+2]. The maximum Gasteiger partial charge on any atom is 2.00 e. The Morgan fingerprint density at radius 1 is 1.10 bits per heavy atom. The number of carbonyl (C=O) groups is 1. The van der Waals surface area contributed by atoms with Crippen molar-refractivity contribution in [2.75, 3.05) is 0 Å². The van der Waals surface area contributed by atoms with Crippen LogP contribution in [0.15, 0.2) is 0 Å². The molecule has 0 aromatic heterocycles. The molecule has 0 radical (unpaired) electrons. The minimum atomic E-state index is -5.17. The third kappa shape index (κ3) is 2880. The molecule has 0 rings (SSSR count). The van der Waals surface area contributed by atoms with Gasteiger partial charge in [0.15, 0.2) is 0 Å². The molecule has 0 spiro atoms. The van der Waals surface area contributed by atoms with Crippen molar-refractivity contribution in [2.45, 2.75) is 0 Å². The van der Waals surface area contributed by atoms with Gasteiger partial charge in [-0.2, -0.15) is 0 Å². The molecular formula is CCaO7S-2. The van der Waals surface area contributed by atoms with E-state index in [9.17, 15) is 0 Å². The monoisotopic (exact) mass is 196 g/mol. The maximum absolute atomic E-state index is 8.52. The molecule has 0 aliphatic carbocycles. The first-order valence-corrected chi connectivity index (χ1v) is 2.61. The van der Waals surface area contributed by atoms with Crippen LogP contribution in [-0.2, 0) is 10.4 Å². The zero-order valence-electron chi connectivity index (χ0n) is 4.47. The van der Waals surface area contributed by atoms with E-state index >= 15 is 0 Å². The minimum Gasteiger partial charge on any atom is -0.759 e. The van der Waals surface area contributed by atoms with E-state index in [0.717, 1.165) is 0 Å². The second-order valence-electron chi connectivity index (χ2n) is 0.658. The fourth-order valence-corrected chi connectivity index (χ4v) is 0. The Kier molecular flexibility index (Phi) is 12.6. The minimum absolute atomic E-state index is 0. The summed E-state index contributed by atoms with van der Waals surface area (Å²) in [5.41, 5.74) is 0. The van der Waals surface area contributed by atoms with E-state index in [1.807, 2.05) is 0 Å². The molecule has 0 saturated carbocycles. The zero-order chi connectivity index (χ0) is 8.08. The number of carboxylic acid groups (broad SMARTS) is 2. The van der Waals surface area contributed by atoms with Gasteiger partial charge in [-0.15, -0.1) is 0 Å². The van der Waals surface area contributed by atoms with Gasteiger partial charge in [-0.3, -0.25) is 8.42 Å². The molecule has 0 aliphatic rings. The van der Waals surface area contributed by atoms with E-state index < -0.39 is 16.6 Å². The average molecular weight is 196 g/mol. The van der Waals surface area contributed by atoms with Crippen molar-refractivity contribution in [3.63, 3.8) is 0 Å². The van der Waals surface area contributed by atoms with E-state index in [1.165, 1.54) is 0 Å². The zero-order valence-corrected chi connectivity index (χ0v) is 7.50. The van der Waals surface area contributed by atoms with Crippen LogP contribution in [0.5, 0.6) is 0 Å². The van der Waals surface area contributed by atoms with E-state index in [2.05, 4.69) is 0 Å². The van der Waals surface area contributed by atoms with E-state index in [4.69, 9.17) is 32.5 Å². The van der Waals surface area contributed by atoms with Gasteiger partial charge >= 0.3 is 37.7 Å². The second-order valence-corrected chi connectivity index (χ2v) is 1.47. The molecule has 0 aromatic rings. The van der Waals surface area contributed by atoms with E-state index in [-0.39, 0.29) is 37.7 Å². The summed E-state index contributed by atoms with van der Waals surface area (Å²) in [6, 6.07) is 0. The van der Waals surface area contributed by atoms with Crippen LogP contribution >= 0.6 is 0 Å². The molecule has 0 fully saturated rings. The first-order chi connectivity index (χ1) is 3.73. The maximum atomic E-state index is 8.52. The van der Waals surface area contributed by atoms with E-state index in [1.54, 1.807) is 0 Å². The molecule has 0 heterocycles. The van der Waals surface area contributed by atoms with Gasteiger partial charge in [0.05, 0.1) is 0 Å². The standard InChI is InChI=1S/CH2O3.Ca.H2O4S/c2-1(3)4;;1-5(2,3)4/h(H2,2,3,4);;(H2,1,2,3,4)/q;+2;/p-4.